The van der Waals surface area contributed by atoms with Gasteiger partial charge in [0.1, 0.15) is 5.76 Å². The molecule has 0 radical (unpaired) electrons. The van der Waals surface area contributed by atoms with Crippen LogP contribution in [-0.2, 0) is 22.4 Å². The summed E-state index contributed by atoms with van der Waals surface area (Å²) in [6, 6.07) is 17.6. The molecule has 7 heteroatoms. The molecule has 3 aromatic rings. The molecule has 1 unspecified atom stereocenters. The monoisotopic (exact) mass is 512 g/mol. The molecule has 196 valence electrons. The SMILES string of the molecule is COc1ccc(C2/C(=C(\O)c3ccc4c(c3)CCCC4)C(=O)C(=O)N2c2ccc(N(C)C)cc2)cc1OC. The van der Waals surface area contributed by atoms with Gasteiger partial charge in [-0.1, -0.05) is 18.2 Å². The summed E-state index contributed by atoms with van der Waals surface area (Å²) in [5, 5.41) is 11.6. The predicted molar refractivity (Wildman–Crippen MR) is 148 cm³/mol. The van der Waals surface area contributed by atoms with E-state index in [-0.39, 0.29) is 11.3 Å². The van der Waals surface area contributed by atoms with Crippen molar-refractivity contribution < 1.29 is 24.2 Å². The summed E-state index contributed by atoms with van der Waals surface area (Å²) in [7, 11) is 6.95. The maximum atomic E-state index is 13.6. The van der Waals surface area contributed by atoms with E-state index in [9.17, 15) is 14.7 Å². The van der Waals surface area contributed by atoms with E-state index in [1.54, 1.807) is 25.3 Å². The number of carbonyl (C=O) groups excluding carboxylic acids is 2. The van der Waals surface area contributed by atoms with E-state index in [0.29, 0.717) is 28.3 Å². The Morgan fingerprint density at radius 1 is 0.868 bits per heavy atom. The van der Waals surface area contributed by atoms with Crippen molar-refractivity contribution in [3.63, 3.8) is 0 Å². The van der Waals surface area contributed by atoms with Crippen LogP contribution in [-0.4, -0.2) is 45.1 Å². The number of anilines is 2. The van der Waals surface area contributed by atoms with Crippen LogP contribution in [0.25, 0.3) is 5.76 Å². The third-order valence-electron chi connectivity index (χ3n) is 7.43. The summed E-state index contributed by atoms with van der Waals surface area (Å²) < 4.78 is 10.9. The number of aryl methyl sites for hydroxylation is 2. The van der Waals surface area contributed by atoms with Crippen molar-refractivity contribution in [1.82, 2.24) is 0 Å². The number of methoxy groups -OCH3 is 2. The van der Waals surface area contributed by atoms with Gasteiger partial charge in [-0.3, -0.25) is 14.5 Å². The van der Waals surface area contributed by atoms with Crippen LogP contribution in [0.3, 0.4) is 0 Å². The Labute approximate surface area is 222 Å². The van der Waals surface area contributed by atoms with Gasteiger partial charge in [-0.15, -0.1) is 0 Å². The smallest absolute Gasteiger partial charge is 0.300 e. The Kier molecular flexibility index (Phi) is 6.85. The van der Waals surface area contributed by atoms with Gasteiger partial charge in [0, 0.05) is 31.0 Å². The van der Waals surface area contributed by atoms with E-state index in [1.165, 1.54) is 23.1 Å². The first-order valence-corrected chi connectivity index (χ1v) is 12.8. The number of hydrogen-bond donors (Lipinski definition) is 1. The fraction of sp³-hybridized carbons (Fsp3) is 0.290. The summed E-state index contributed by atoms with van der Waals surface area (Å²) in [6.45, 7) is 0. The summed E-state index contributed by atoms with van der Waals surface area (Å²) in [6.07, 6.45) is 4.18. The fourth-order valence-corrected chi connectivity index (χ4v) is 5.38. The van der Waals surface area contributed by atoms with E-state index >= 15 is 0 Å². The van der Waals surface area contributed by atoms with Gasteiger partial charge >= 0.3 is 0 Å². The molecule has 1 N–H and O–H groups in total. The van der Waals surface area contributed by atoms with Crippen molar-refractivity contribution in [1.29, 1.82) is 0 Å². The van der Waals surface area contributed by atoms with Gasteiger partial charge in [0.2, 0.25) is 0 Å². The first kappa shape index (κ1) is 25.4. The molecule has 5 rings (SSSR count). The molecule has 1 heterocycles. The van der Waals surface area contributed by atoms with Crippen LogP contribution in [0, 0.1) is 0 Å². The number of aliphatic hydroxyl groups is 1. The molecule has 1 aliphatic carbocycles. The van der Waals surface area contributed by atoms with Crippen LogP contribution in [0.2, 0.25) is 0 Å². The Hall–Kier alpha value is -4.26. The molecule has 0 aromatic heterocycles. The second-order valence-electron chi connectivity index (χ2n) is 9.88. The summed E-state index contributed by atoms with van der Waals surface area (Å²) >= 11 is 0. The predicted octanol–water partition coefficient (Wildman–Crippen LogP) is 5.27. The molecule has 3 aromatic carbocycles. The molecule has 1 saturated heterocycles. The number of Topliss-reactive ketones (excluding diaryl/α,β-unsaturated/α-hetero) is 1. The summed E-state index contributed by atoms with van der Waals surface area (Å²) in [5.74, 6) is -0.604. The number of ether oxygens (including phenoxy) is 2. The lowest BCUT2D eigenvalue weighted by Crippen LogP contribution is -2.29. The zero-order chi connectivity index (χ0) is 27.0. The normalized spacial score (nSPS) is 18.3. The highest BCUT2D eigenvalue weighted by molar-refractivity contribution is 6.51. The molecule has 0 spiro atoms. The van der Waals surface area contributed by atoms with Crippen molar-refractivity contribution >= 4 is 28.8 Å². The highest BCUT2D eigenvalue weighted by Gasteiger charge is 2.47. The van der Waals surface area contributed by atoms with Gasteiger partial charge in [0.05, 0.1) is 25.8 Å². The van der Waals surface area contributed by atoms with Gasteiger partial charge in [-0.05, 0) is 84.8 Å². The third-order valence-corrected chi connectivity index (χ3v) is 7.43. The van der Waals surface area contributed by atoms with Gasteiger partial charge in [0.15, 0.2) is 11.5 Å². The number of hydrogen-bond acceptors (Lipinski definition) is 6. The number of rotatable bonds is 6. The zero-order valence-corrected chi connectivity index (χ0v) is 22.2. The number of nitrogens with zero attached hydrogens (tertiary/aromatic N) is 2. The molecular weight excluding hydrogens is 480 g/mol. The van der Waals surface area contributed by atoms with E-state index in [0.717, 1.165) is 31.4 Å². The van der Waals surface area contributed by atoms with Gasteiger partial charge in [-0.2, -0.15) is 0 Å². The lowest BCUT2D eigenvalue weighted by atomic mass is 9.88. The molecule has 1 atom stereocenters. The van der Waals surface area contributed by atoms with Gasteiger partial charge in [-0.25, -0.2) is 0 Å². The fourth-order valence-electron chi connectivity index (χ4n) is 5.38. The molecule has 38 heavy (non-hydrogen) atoms. The quantitative estimate of drug-likeness (QED) is 0.275. The van der Waals surface area contributed by atoms with Crippen LogP contribution >= 0.6 is 0 Å². The van der Waals surface area contributed by atoms with Crippen LogP contribution in [0.5, 0.6) is 11.5 Å². The lowest BCUT2D eigenvalue weighted by Gasteiger charge is -2.26. The first-order valence-electron chi connectivity index (χ1n) is 12.8. The van der Waals surface area contributed by atoms with Crippen LogP contribution in [0.15, 0.2) is 66.2 Å². The van der Waals surface area contributed by atoms with E-state index in [1.807, 2.05) is 61.5 Å². The van der Waals surface area contributed by atoms with Crippen LogP contribution < -0.4 is 19.3 Å². The molecule has 0 saturated carbocycles. The third kappa shape index (κ3) is 4.38. The Morgan fingerprint density at radius 3 is 2.21 bits per heavy atom. The number of carbonyl (C=O) groups is 2. The minimum atomic E-state index is -0.851. The highest BCUT2D eigenvalue weighted by atomic mass is 16.5. The zero-order valence-electron chi connectivity index (χ0n) is 22.2. The van der Waals surface area contributed by atoms with Crippen molar-refractivity contribution in [2.75, 3.05) is 38.1 Å². The van der Waals surface area contributed by atoms with Crippen molar-refractivity contribution in [3.8, 4) is 11.5 Å². The Balaban J connectivity index is 1.69. The Bertz CT molecular complexity index is 1420. The number of ketones is 1. The number of amides is 1. The maximum Gasteiger partial charge on any atom is 0.300 e. The number of benzene rings is 3. The molecule has 0 bridgehead atoms. The van der Waals surface area contributed by atoms with E-state index < -0.39 is 17.7 Å². The van der Waals surface area contributed by atoms with Crippen LogP contribution in [0.4, 0.5) is 11.4 Å². The van der Waals surface area contributed by atoms with Gasteiger partial charge < -0.3 is 19.5 Å². The molecule has 7 nitrogen and oxygen atoms in total. The average Bonchev–Trinajstić information content (AvgIpc) is 3.21. The molecule has 2 aliphatic rings. The summed E-state index contributed by atoms with van der Waals surface area (Å²) in [5.41, 5.74) is 5.18. The molecule has 1 amide bonds. The second-order valence-corrected chi connectivity index (χ2v) is 9.88. The average molecular weight is 513 g/mol. The molecule has 1 aliphatic heterocycles. The van der Waals surface area contributed by atoms with E-state index in [4.69, 9.17) is 9.47 Å². The minimum Gasteiger partial charge on any atom is -0.507 e. The highest BCUT2D eigenvalue weighted by Crippen LogP contribution is 2.44. The largest absolute Gasteiger partial charge is 0.507 e. The first-order chi connectivity index (χ1) is 18.3. The van der Waals surface area contributed by atoms with E-state index in [2.05, 4.69) is 0 Å². The van der Waals surface area contributed by atoms with Crippen molar-refractivity contribution in [2.24, 2.45) is 0 Å². The lowest BCUT2D eigenvalue weighted by molar-refractivity contribution is -0.132. The second kappa shape index (κ2) is 10.2. The van der Waals surface area contributed by atoms with Gasteiger partial charge in [0.25, 0.3) is 11.7 Å². The minimum absolute atomic E-state index is 0.0506. The standard InChI is InChI=1S/C31H32N2O5/c1-32(2)23-12-14-24(15-13-23)33-28(21-11-16-25(37-3)26(18-21)38-4)27(30(35)31(33)36)29(34)22-10-9-19-7-5-6-8-20(19)17-22/h9-18,28,34H,5-8H2,1-4H3/b29-27+. The number of fused-ring (bicyclic) bond motifs is 1. The maximum absolute atomic E-state index is 13.6. The van der Waals surface area contributed by atoms with Crippen LogP contribution in [0.1, 0.15) is 41.1 Å². The van der Waals surface area contributed by atoms with Crippen molar-refractivity contribution in [3.05, 3.63) is 88.5 Å². The molecule has 1 fully saturated rings. The topological polar surface area (TPSA) is 79.3 Å². The summed E-state index contributed by atoms with van der Waals surface area (Å²) in [4.78, 5) is 30.5. The number of aliphatic hydroxyl groups excluding tert-OH is 1. The van der Waals surface area contributed by atoms with Crippen molar-refractivity contribution in [2.45, 2.75) is 31.7 Å². The Morgan fingerprint density at radius 2 is 1.55 bits per heavy atom. The molecular formula is C31H32N2O5.